The van der Waals surface area contributed by atoms with Gasteiger partial charge in [0.05, 0.1) is 5.70 Å². The summed E-state index contributed by atoms with van der Waals surface area (Å²) in [5, 5.41) is 6.09. The normalized spacial score (nSPS) is 17.5. The van der Waals surface area contributed by atoms with Gasteiger partial charge in [-0.1, -0.05) is 6.58 Å². The van der Waals surface area contributed by atoms with Gasteiger partial charge in [-0.2, -0.15) is 0 Å². The van der Waals surface area contributed by atoms with Crippen molar-refractivity contribution < 1.29 is 0 Å². The predicted molar refractivity (Wildman–Crippen MR) is 55.6 cm³/mol. The second-order valence-corrected chi connectivity index (χ2v) is 2.63. The second kappa shape index (κ2) is 3.89. The lowest BCUT2D eigenvalue weighted by molar-refractivity contribution is 0.846. The highest BCUT2D eigenvalue weighted by molar-refractivity contribution is 5.84. The first-order valence-corrected chi connectivity index (χ1v) is 4.11. The van der Waals surface area contributed by atoms with Crippen LogP contribution in [0, 0.1) is 0 Å². The average molecular weight is 178 g/mol. The number of amidine groups is 1. The molecule has 2 N–H and O–H groups in total. The lowest BCUT2D eigenvalue weighted by Gasteiger charge is -2.18. The van der Waals surface area contributed by atoms with Gasteiger partial charge in [-0.05, 0) is 13.8 Å². The molecule has 0 spiro atoms. The van der Waals surface area contributed by atoms with Crippen molar-refractivity contribution in [2.24, 2.45) is 9.98 Å². The van der Waals surface area contributed by atoms with Crippen LogP contribution in [0.5, 0.6) is 0 Å². The Morgan fingerprint density at radius 3 is 2.85 bits per heavy atom. The van der Waals surface area contributed by atoms with E-state index in [9.17, 15) is 0 Å². The summed E-state index contributed by atoms with van der Waals surface area (Å²) >= 11 is 0. The summed E-state index contributed by atoms with van der Waals surface area (Å²) in [6.07, 6.45) is 1.72. The third-order valence-corrected chi connectivity index (χ3v) is 1.63. The van der Waals surface area contributed by atoms with E-state index in [1.54, 1.807) is 6.21 Å². The fourth-order valence-electron chi connectivity index (χ4n) is 1.12. The molecule has 4 nitrogen and oxygen atoms in total. The van der Waals surface area contributed by atoms with Gasteiger partial charge < -0.3 is 10.6 Å². The van der Waals surface area contributed by atoms with E-state index in [2.05, 4.69) is 27.2 Å². The van der Waals surface area contributed by atoms with Crippen LogP contribution in [0.3, 0.4) is 0 Å². The molecule has 1 aliphatic heterocycles. The lowest BCUT2D eigenvalue weighted by Crippen LogP contribution is -2.32. The Bertz CT molecular complexity index is 310. The van der Waals surface area contributed by atoms with E-state index in [1.165, 1.54) is 0 Å². The lowest BCUT2D eigenvalue weighted by atomic mass is 10.3. The van der Waals surface area contributed by atoms with Crippen molar-refractivity contribution in [3.8, 4) is 0 Å². The van der Waals surface area contributed by atoms with Crippen molar-refractivity contribution in [2.75, 3.05) is 7.05 Å². The zero-order valence-electron chi connectivity index (χ0n) is 8.18. The molecular weight excluding hydrogens is 164 g/mol. The minimum Gasteiger partial charge on any atom is -0.373 e. The monoisotopic (exact) mass is 178 g/mol. The Labute approximate surface area is 78.2 Å². The Balaban J connectivity index is 3.04. The summed E-state index contributed by atoms with van der Waals surface area (Å²) in [6, 6.07) is 0. The summed E-state index contributed by atoms with van der Waals surface area (Å²) < 4.78 is 0. The molecule has 1 heterocycles. The summed E-state index contributed by atoms with van der Waals surface area (Å²) in [6.45, 7) is 7.57. The van der Waals surface area contributed by atoms with Gasteiger partial charge in [-0.25, -0.2) is 4.99 Å². The van der Waals surface area contributed by atoms with Gasteiger partial charge in [0.15, 0.2) is 0 Å². The van der Waals surface area contributed by atoms with E-state index >= 15 is 0 Å². The maximum Gasteiger partial charge on any atom is 0.132 e. The maximum atomic E-state index is 4.18. The Kier molecular flexibility index (Phi) is 2.84. The molecule has 0 aliphatic carbocycles. The van der Waals surface area contributed by atoms with Crippen molar-refractivity contribution in [1.82, 2.24) is 10.6 Å². The van der Waals surface area contributed by atoms with Crippen LogP contribution in [0.25, 0.3) is 0 Å². The van der Waals surface area contributed by atoms with E-state index in [-0.39, 0.29) is 0 Å². The zero-order chi connectivity index (χ0) is 9.84. The number of aliphatic imine (C=N–C) groups is 2. The van der Waals surface area contributed by atoms with Crippen LogP contribution in [0.4, 0.5) is 0 Å². The Morgan fingerprint density at radius 2 is 2.31 bits per heavy atom. The SMILES string of the molecule is C=C1N=C(C)NC(NC)=C1N=CC. The molecule has 0 saturated carbocycles. The van der Waals surface area contributed by atoms with Crippen LogP contribution in [0.2, 0.25) is 0 Å². The molecule has 0 unspecified atom stereocenters. The molecule has 13 heavy (non-hydrogen) atoms. The zero-order valence-corrected chi connectivity index (χ0v) is 8.18. The summed E-state index contributed by atoms with van der Waals surface area (Å²) in [7, 11) is 1.83. The number of rotatable bonds is 2. The van der Waals surface area contributed by atoms with Crippen molar-refractivity contribution in [1.29, 1.82) is 0 Å². The molecule has 0 saturated heterocycles. The third-order valence-electron chi connectivity index (χ3n) is 1.63. The molecule has 70 valence electrons. The minimum atomic E-state index is 0.679. The van der Waals surface area contributed by atoms with Gasteiger partial charge in [0.2, 0.25) is 0 Å². The quantitative estimate of drug-likeness (QED) is 0.620. The summed E-state index contributed by atoms with van der Waals surface area (Å²) in [5.74, 6) is 1.67. The topological polar surface area (TPSA) is 48.8 Å². The molecule has 0 fully saturated rings. The molecule has 1 aliphatic rings. The predicted octanol–water partition coefficient (Wildman–Crippen LogP) is 1.00. The van der Waals surface area contributed by atoms with Gasteiger partial charge in [0.1, 0.15) is 17.4 Å². The summed E-state index contributed by atoms with van der Waals surface area (Å²) in [5.41, 5.74) is 1.44. The van der Waals surface area contributed by atoms with E-state index in [1.807, 2.05) is 20.9 Å². The van der Waals surface area contributed by atoms with Crippen LogP contribution < -0.4 is 10.6 Å². The van der Waals surface area contributed by atoms with Crippen molar-refractivity contribution in [3.63, 3.8) is 0 Å². The first kappa shape index (κ1) is 9.51. The van der Waals surface area contributed by atoms with Crippen LogP contribution in [-0.2, 0) is 0 Å². The highest BCUT2D eigenvalue weighted by Gasteiger charge is 2.13. The highest BCUT2D eigenvalue weighted by atomic mass is 15.2. The van der Waals surface area contributed by atoms with E-state index < -0.39 is 0 Å². The van der Waals surface area contributed by atoms with Crippen molar-refractivity contribution in [2.45, 2.75) is 13.8 Å². The molecular formula is C9H14N4. The molecule has 0 aromatic carbocycles. The smallest absolute Gasteiger partial charge is 0.132 e. The minimum absolute atomic E-state index is 0.679. The molecule has 0 aromatic heterocycles. The van der Waals surface area contributed by atoms with Crippen LogP contribution in [0.1, 0.15) is 13.8 Å². The van der Waals surface area contributed by atoms with Gasteiger partial charge >= 0.3 is 0 Å². The fourth-order valence-corrected chi connectivity index (χ4v) is 1.12. The van der Waals surface area contributed by atoms with Gasteiger partial charge in [0, 0.05) is 13.3 Å². The van der Waals surface area contributed by atoms with Gasteiger partial charge in [0.25, 0.3) is 0 Å². The molecule has 0 aromatic rings. The number of hydrogen-bond acceptors (Lipinski definition) is 4. The van der Waals surface area contributed by atoms with Crippen LogP contribution >= 0.6 is 0 Å². The van der Waals surface area contributed by atoms with Crippen molar-refractivity contribution >= 4 is 12.1 Å². The fraction of sp³-hybridized carbons (Fsp3) is 0.333. The van der Waals surface area contributed by atoms with E-state index in [0.29, 0.717) is 5.70 Å². The molecule has 4 heteroatoms. The number of nitrogens with one attached hydrogen (secondary N) is 2. The molecule has 0 bridgehead atoms. The molecule has 0 radical (unpaired) electrons. The Morgan fingerprint density at radius 1 is 1.62 bits per heavy atom. The first-order valence-electron chi connectivity index (χ1n) is 4.11. The largest absolute Gasteiger partial charge is 0.373 e. The standard InChI is InChI=1S/C9H14N4/c1-5-11-8-6(2)12-7(3)13-9(8)10-4/h5,10H,2H2,1,3-4H3,(H,12,13). The maximum absolute atomic E-state index is 4.18. The average Bonchev–Trinajstić information content (AvgIpc) is 2.09. The molecule has 0 amide bonds. The third kappa shape index (κ3) is 1.96. The van der Waals surface area contributed by atoms with Gasteiger partial charge in [-0.15, -0.1) is 0 Å². The second-order valence-electron chi connectivity index (χ2n) is 2.63. The van der Waals surface area contributed by atoms with E-state index in [4.69, 9.17) is 0 Å². The summed E-state index contributed by atoms with van der Waals surface area (Å²) in [4.78, 5) is 8.35. The molecule has 1 rings (SSSR count). The molecule has 0 atom stereocenters. The Hall–Kier alpha value is -1.58. The number of hydrogen-bond donors (Lipinski definition) is 2. The van der Waals surface area contributed by atoms with Crippen LogP contribution in [-0.4, -0.2) is 19.1 Å². The highest BCUT2D eigenvalue weighted by Crippen LogP contribution is 2.16. The number of nitrogens with zero attached hydrogens (tertiary/aromatic N) is 2. The van der Waals surface area contributed by atoms with E-state index in [0.717, 1.165) is 17.4 Å². The van der Waals surface area contributed by atoms with Crippen LogP contribution in [0.15, 0.2) is 33.8 Å². The van der Waals surface area contributed by atoms with Crippen molar-refractivity contribution in [3.05, 3.63) is 23.8 Å². The first-order chi connectivity index (χ1) is 6.19. The van der Waals surface area contributed by atoms with Gasteiger partial charge in [-0.3, -0.25) is 4.99 Å².